The number of carbonyl (C=O) groups excluding carboxylic acids is 1. The maximum Gasteiger partial charge on any atom is 0.248 e. The van der Waals surface area contributed by atoms with Crippen LogP contribution < -0.4 is 4.90 Å². The fraction of sp³-hybridized carbons (Fsp3) is 0.333. The maximum atomic E-state index is 12.5. The third-order valence-electron chi connectivity index (χ3n) is 5.13. The summed E-state index contributed by atoms with van der Waals surface area (Å²) in [5.41, 5.74) is 3.07. The fourth-order valence-electron chi connectivity index (χ4n) is 3.74. The molecule has 0 radical (unpaired) electrons. The van der Waals surface area contributed by atoms with Crippen molar-refractivity contribution in [3.8, 4) is 0 Å². The molecule has 2 atom stereocenters. The number of aryl methyl sites for hydroxylation is 2. The van der Waals surface area contributed by atoms with E-state index < -0.39 is 9.84 Å². The molecule has 0 unspecified atom stereocenters. The van der Waals surface area contributed by atoms with E-state index >= 15 is 0 Å². The minimum atomic E-state index is -3.06. The molecule has 0 saturated carbocycles. The van der Waals surface area contributed by atoms with Gasteiger partial charge < -0.3 is 4.90 Å². The van der Waals surface area contributed by atoms with E-state index in [1.54, 1.807) is 0 Å². The molecule has 0 N–H and O–H groups in total. The summed E-state index contributed by atoms with van der Waals surface area (Å²) in [6.07, 6.45) is 0.982. The predicted octanol–water partition coefficient (Wildman–Crippen LogP) is 3.23. The lowest BCUT2D eigenvalue weighted by atomic mass is 10.1. The zero-order valence-electron chi connectivity index (χ0n) is 15.6. The molecule has 0 spiro atoms. The molecule has 4 rings (SSSR count). The number of anilines is 1. The van der Waals surface area contributed by atoms with Crippen LogP contribution in [0.25, 0.3) is 0 Å². The molecular formula is C21H22N2O3S2. The summed E-state index contributed by atoms with van der Waals surface area (Å²) in [7, 11) is -3.06. The van der Waals surface area contributed by atoms with Gasteiger partial charge in [-0.05, 0) is 30.5 Å². The summed E-state index contributed by atoms with van der Waals surface area (Å²) < 4.78 is 24.3. The van der Waals surface area contributed by atoms with Crippen LogP contribution in [-0.2, 0) is 21.1 Å². The first kappa shape index (κ1) is 19.2. The molecular weight excluding hydrogens is 392 g/mol. The number of carbonyl (C=O) groups is 1. The van der Waals surface area contributed by atoms with Crippen LogP contribution in [0.5, 0.6) is 0 Å². The zero-order valence-corrected chi connectivity index (χ0v) is 17.2. The Morgan fingerprint density at radius 3 is 2.57 bits per heavy atom. The molecule has 2 aliphatic heterocycles. The molecule has 0 aromatic heterocycles. The number of amidine groups is 1. The predicted molar refractivity (Wildman–Crippen MR) is 115 cm³/mol. The topological polar surface area (TPSA) is 66.8 Å². The fourth-order valence-corrected chi connectivity index (χ4v) is 7.66. The standard InChI is InChI=1S/C21H22N2O3S2/c1-15-7-5-6-10-17(15)23-18-13-28(25,26)14-19(18)27-21(23)22-20(24)12-11-16-8-3-2-4-9-16/h2-10,18-19H,11-14H2,1H3/t18-,19+/m1/s1. The van der Waals surface area contributed by atoms with Gasteiger partial charge in [-0.1, -0.05) is 60.3 Å². The van der Waals surface area contributed by atoms with Gasteiger partial charge in [0.1, 0.15) is 0 Å². The molecule has 7 heteroatoms. The van der Waals surface area contributed by atoms with Gasteiger partial charge in [-0.25, -0.2) is 8.42 Å². The van der Waals surface area contributed by atoms with E-state index in [4.69, 9.17) is 0 Å². The van der Waals surface area contributed by atoms with E-state index in [0.717, 1.165) is 16.8 Å². The largest absolute Gasteiger partial charge is 0.315 e. The Kier molecular flexibility index (Phi) is 5.29. The molecule has 0 aliphatic carbocycles. The van der Waals surface area contributed by atoms with Crippen LogP contribution in [0.3, 0.4) is 0 Å². The number of para-hydroxylation sites is 1. The summed E-state index contributed by atoms with van der Waals surface area (Å²) in [5.74, 6) is 0.0748. The lowest BCUT2D eigenvalue weighted by Crippen LogP contribution is -2.38. The number of benzene rings is 2. The zero-order chi connectivity index (χ0) is 19.7. The average molecular weight is 415 g/mol. The lowest BCUT2D eigenvalue weighted by molar-refractivity contribution is -0.117. The average Bonchev–Trinajstić information content (AvgIpc) is 3.12. The van der Waals surface area contributed by atoms with Crippen LogP contribution >= 0.6 is 11.8 Å². The first-order chi connectivity index (χ1) is 13.4. The van der Waals surface area contributed by atoms with Gasteiger partial charge in [0.25, 0.3) is 0 Å². The van der Waals surface area contributed by atoms with Crippen molar-refractivity contribution in [2.45, 2.75) is 31.1 Å². The van der Waals surface area contributed by atoms with E-state index in [1.807, 2.05) is 66.4 Å². The Morgan fingerprint density at radius 2 is 1.82 bits per heavy atom. The summed E-state index contributed by atoms with van der Waals surface area (Å²) in [6.45, 7) is 1.99. The van der Waals surface area contributed by atoms with Crippen LogP contribution in [0, 0.1) is 6.92 Å². The second kappa shape index (κ2) is 7.72. The summed E-state index contributed by atoms with van der Waals surface area (Å²) in [5, 5.41) is 0.544. The van der Waals surface area contributed by atoms with Crippen LogP contribution in [-0.4, -0.2) is 42.3 Å². The molecule has 5 nitrogen and oxygen atoms in total. The Morgan fingerprint density at radius 1 is 1.11 bits per heavy atom. The number of nitrogens with zero attached hydrogens (tertiary/aromatic N) is 2. The van der Waals surface area contributed by atoms with Gasteiger partial charge in [-0.15, -0.1) is 0 Å². The first-order valence-electron chi connectivity index (χ1n) is 9.30. The molecule has 2 fully saturated rings. The molecule has 2 saturated heterocycles. The van der Waals surface area contributed by atoms with Gasteiger partial charge in [-0.3, -0.25) is 4.79 Å². The van der Waals surface area contributed by atoms with Gasteiger partial charge in [0, 0.05) is 17.4 Å². The van der Waals surface area contributed by atoms with Crippen molar-refractivity contribution in [2.75, 3.05) is 16.4 Å². The van der Waals surface area contributed by atoms with Gasteiger partial charge in [0.15, 0.2) is 15.0 Å². The van der Waals surface area contributed by atoms with Crippen molar-refractivity contribution in [1.82, 2.24) is 0 Å². The number of aliphatic imine (C=N–C) groups is 1. The minimum absolute atomic E-state index is 0.0784. The lowest BCUT2D eigenvalue weighted by Gasteiger charge is -2.26. The van der Waals surface area contributed by atoms with Gasteiger partial charge in [0.05, 0.1) is 17.5 Å². The Hall–Kier alpha value is -2.12. The number of amides is 1. The van der Waals surface area contributed by atoms with Crippen molar-refractivity contribution < 1.29 is 13.2 Å². The van der Waals surface area contributed by atoms with E-state index in [1.165, 1.54) is 11.8 Å². The quantitative estimate of drug-likeness (QED) is 0.768. The minimum Gasteiger partial charge on any atom is -0.315 e. The summed E-state index contributed by atoms with van der Waals surface area (Å²) in [4.78, 5) is 18.9. The van der Waals surface area contributed by atoms with Crippen LogP contribution in [0.15, 0.2) is 59.6 Å². The number of fused-ring (bicyclic) bond motifs is 1. The molecule has 146 valence electrons. The Bertz CT molecular complexity index is 1020. The second-order valence-electron chi connectivity index (χ2n) is 7.23. The van der Waals surface area contributed by atoms with Crippen LogP contribution in [0.4, 0.5) is 5.69 Å². The molecule has 28 heavy (non-hydrogen) atoms. The SMILES string of the molecule is Cc1ccccc1N1C(=NC(=O)CCc2ccccc2)S[C@H]2CS(=O)(=O)C[C@H]21. The summed E-state index contributed by atoms with van der Waals surface area (Å²) >= 11 is 1.42. The van der Waals surface area contributed by atoms with E-state index in [9.17, 15) is 13.2 Å². The third kappa shape index (κ3) is 4.00. The molecule has 1 amide bonds. The van der Waals surface area contributed by atoms with Gasteiger partial charge in [-0.2, -0.15) is 4.99 Å². The second-order valence-corrected chi connectivity index (χ2v) is 10.6. The normalized spacial score (nSPS) is 24.5. The first-order valence-corrected chi connectivity index (χ1v) is 12.0. The van der Waals surface area contributed by atoms with Crippen molar-refractivity contribution in [2.24, 2.45) is 4.99 Å². The van der Waals surface area contributed by atoms with Crippen molar-refractivity contribution >= 4 is 38.4 Å². The monoisotopic (exact) mass is 414 g/mol. The number of thioether (sulfide) groups is 1. The Balaban J connectivity index is 1.59. The molecule has 2 aromatic rings. The Labute approximate surface area is 169 Å². The van der Waals surface area contributed by atoms with Crippen molar-refractivity contribution in [1.29, 1.82) is 0 Å². The number of hydrogen-bond acceptors (Lipinski definition) is 4. The molecule has 2 aliphatic rings. The van der Waals surface area contributed by atoms with E-state index in [2.05, 4.69) is 4.99 Å². The highest BCUT2D eigenvalue weighted by molar-refractivity contribution is 8.16. The highest BCUT2D eigenvalue weighted by atomic mass is 32.2. The maximum absolute atomic E-state index is 12.5. The summed E-state index contributed by atoms with van der Waals surface area (Å²) in [6, 6.07) is 17.5. The van der Waals surface area contributed by atoms with Gasteiger partial charge in [0.2, 0.25) is 5.91 Å². The number of sulfone groups is 1. The van der Waals surface area contributed by atoms with E-state index in [0.29, 0.717) is 18.0 Å². The van der Waals surface area contributed by atoms with Crippen LogP contribution in [0.2, 0.25) is 0 Å². The molecule has 2 aromatic carbocycles. The highest BCUT2D eigenvalue weighted by Gasteiger charge is 2.49. The number of rotatable bonds is 4. The third-order valence-corrected chi connectivity index (χ3v) is 8.34. The smallest absolute Gasteiger partial charge is 0.248 e. The highest BCUT2D eigenvalue weighted by Crippen LogP contribution is 2.41. The van der Waals surface area contributed by atoms with Crippen molar-refractivity contribution in [3.63, 3.8) is 0 Å². The van der Waals surface area contributed by atoms with Crippen LogP contribution in [0.1, 0.15) is 17.5 Å². The number of hydrogen-bond donors (Lipinski definition) is 0. The molecule has 0 bridgehead atoms. The van der Waals surface area contributed by atoms with Gasteiger partial charge >= 0.3 is 0 Å². The van der Waals surface area contributed by atoms with E-state index in [-0.39, 0.29) is 28.7 Å². The molecule has 2 heterocycles. The van der Waals surface area contributed by atoms with Crippen molar-refractivity contribution in [3.05, 3.63) is 65.7 Å².